The Morgan fingerprint density at radius 2 is 1.79 bits per heavy atom. The van der Waals surface area contributed by atoms with E-state index in [1.165, 1.54) is 6.07 Å². The van der Waals surface area contributed by atoms with Crippen molar-refractivity contribution in [2.24, 2.45) is 9.98 Å². The quantitative estimate of drug-likeness (QED) is 0.258. The summed E-state index contributed by atoms with van der Waals surface area (Å²) < 4.78 is 36.1. The van der Waals surface area contributed by atoms with E-state index in [-0.39, 0.29) is 28.6 Å². The predicted molar refractivity (Wildman–Crippen MR) is 151 cm³/mol. The maximum atomic E-state index is 14.9. The summed E-state index contributed by atoms with van der Waals surface area (Å²) in [5.41, 5.74) is 2.92. The standard InChI is InChI=1S/C28H36BrFN4O5/c1-19-27-26(28(35)31-9-10-37-13-14-39-16-15-38-12-11-36-2)32-18-34(27)24-8-7-20(29)17-22(24)25(33-19)21-5-3-4-6-23(21)30/h3-8,18-20,26-27H,9-17H2,1-2H3,(H,31,35)/t19-,20?,26?,27?/m1/s1. The first-order valence-corrected chi connectivity index (χ1v) is 14.1. The number of carbonyl (C=O) groups is 1. The number of nitrogens with one attached hydrogen (secondary N) is 1. The second-order valence-corrected chi connectivity index (χ2v) is 10.5. The van der Waals surface area contributed by atoms with Crippen molar-refractivity contribution in [2.75, 3.05) is 59.9 Å². The molecule has 0 aromatic heterocycles. The van der Waals surface area contributed by atoms with Crippen LogP contribution in [0.25, 0.3) is 0 Å². The highest BCUT2D eigenvalue weighted by molar-refractivity contribution is 9.09. The molecule has 1 aliphatic carbocycles. The Bertz CT molecular complexity index is 1110. The van der Waals surface area contributed by atoms with Crippen LogP contribution in [0, 0.1) is 5.82 Å². The van der Waals surface area contributed by atoms with Gasteiger partial charge in [0, 0.05) is 35.3 Å². The minimum absolute atomic E-state index is 0.110. The van der Waals surface area contributed by atoms with Gasteiger partial charge in [-0.05, 0) is 31.6 Å². The van der Waals surface area contributed by atoms with E-state index in [4.69, 9.17) is 23.9 Å². The molecule has 0 bridgehead atoms. The molecule has 0 radical (unpaired) electrons. The lowest BCUT2D eigenvalue weighted by Crippen LogP contribution is -2.49. The van der Waals surface area contributed by atoms with Gasteiger partial charge in [-0.3, -0.25) is 14.8 Å². The van der Waals surface area contributed by atoms with E-state index in [9.17, 15) is 9.18 Å². The fourth-order valence-corrected chi connectivity index (χ4v) is 5.28. The number of hydrogen-bond acceptors (Lipinski definition) is 8. The van der Waals surface area contributed by atoms with Gasteiger partial charge in [0.1, 0.15) is 5.82 Å². The van der Waals surface area contributed by atoms with Crippen molar-refractivity contribution >= 4 is 33.9 Å². The molecule has 1 aromatic carbocycles. The van der Waals surface area contributed by atoms with Crippen molar-refractivity contribution in [2.45, 2.75) is 36.3 Å². The average Bonchev–Trinajstić information content (AvgIpc) is 3.33. The monoisotopic (exact) mass is 606 g/mol. The molecule has 4 rings (SSSR count). The van der Waals surface area contributed by atoms with Gasteiger partial charge in [-0.15, -0.1) is 0 Å². The van der Waals surface area contributed by atoms with Crippen molar-refractivity contribution in [3.8, 4) is 0 Å². The number of aliphatic imine (C=N–C) groups is 2. The summed E-state index contributed by atoms with van der Waals surface area (Å²) in [7, 11) is 1.63. The summed E-state index contributed by atoms with van der Waals surface area (Å²) in [6, 6.07) is 5.41. The van der Waals surface area contributed by atoms with Crippen LogP contribution >= 0.6 is 15.9 Å². The van der Waals surface area contributed by atoms with Crippen LogP contribution in [-0.2, 0) is 23.7 Å². The molecule has 1 N–H and O–H groups in total. The molecule has 4 atom stereocenters. The average molecular weight is 608 g/mol. The van der Waals surface area contributed by atoms with Gasteiger partial charge in [-0.2, -0.15) is 0 Å². The smallest absolute Gasteiger partial charge is 0.247 e. The van der Waals surface area contributed by atoms with Gasteiger partial charge in [0.05, 0.1) is 70.4 Å². The fraction of sp³-hybridized carbons (Fsp3) is 0.536. The highest BCUT2D eigenvalue weighted by Crippen LogP contribution is 2.36. The fourth-order valence-electron chi connectivity index (χ4n) is 4.80. The third-order valence-electron chi connectivity index (χ3n) is 6.68. The van der Waals surface area contributed by atoms with Crippen molar-refractivity contribution in [1.82, 2.24) is 10.2 Å². The van der Waals surface area contributed by atoms with E-state index in [0.717, 1.165) is 11.3 Å². The Labute approximate surface area is 237 Å². The van der Waals surface area contributed by atoms with E-state index in [1.807, 2.05) is 24.0 Å². The number of methoxy groups -OCH3 is 1. The maximum absolute atomic E-state index is 14.9. The highest BCUT2D eigenvalue weighted by Gasteiger charge is 2.44. The summed E-state index contributed by atoms with van der Waals surface area (Å²) in [6.07, 6.45) is 6.43. The first kappa shape index (κ1) is 29.5. The molecule has 39 heavy (non-hydrogen) atoms. The molecule has 3 aliphatic rings. The maximum Gasteiger partial charge on any atom is 0.247 e. The van der Waals surface area contributed by atoms with Gasteiger partial charge in [-0.1, -0.05) is 34.1 Å². The van der Waals surface area contributed by atoms with Crippen LogP contribution in [0.1, 0.15) is 18.9 Å². The van der Waals surface area contributed by atoms with Crippen LogP contribution < -0.4 is 5.32 Å². The topological polar surface area (TPSA) is 94.0 Å². The molecule has 2 aliphatic heterocycles. The molecular formula is C28H36BrFN4O5. The van der Waals surface area contributed by atoms with E-state index in [2.05, 4.69) is 32.3 Å². The number of fused-ring (bicyclic) bond motifs is 2. The third-order valence-corrected chi connectivity index (χ3v) is 7.31. The number of benzene rings is 1. The van der Waals surface area contributed by atoms with Crippen molar-refractivity contribution in [3.05, 3.63) is 59.1 Å². The molecule has 2 heterocycles. The van der Waals surface area contributed by atoms with Crippen molar-refractivity contribution in [1.29, 1.82) is 0 Å². The minimum atomic E-state index is -0.644. The Balaban J connectivity index is 1.32. The number of amides is 1. The number of carbonyl (C=O) groups excluding carboxylic acids is 1. The number of ether oxygens (including phenoxy) is 4. The van der Waals surface area contributed by atoms with Gasteiger partial charge in [0.25, 0.3) is 0 Å². The van der Waals surface area contributed by atoms with E-state index < -0.39 is 6.04 Å². The third kappa shape index (κ3) is 7.61. The van der Waals surface area contributed by atoms with E-state index in [0.29, 0.717) is 70.5 Å². The van der Waals surface area contributed by atoms with E-state index in [1.54, 1.807) is 25.6 Å². The molecule has 1 amide bonds. The number of allylic oxidation sites excluding steroid dienone is 3. The molecular weight excluding hydrogens is 571 g/mol. The molecule has 0 spiro atoms. The van der Waals surface area contributed by atoms with Crippen molar-refractivity contribution < 1.29 is 28.1 Å². The summed E-state index contributed by atoms with van der Waals surface area (Å²) >= 11 is 3.67. The molecule has 11 heteroatoms. The molecule has 0 saturated heterocycles. The Morgan fingerprint density at radius 1 is 1.10 bits per heavy atom. The lowest BCUT2D eigenvalue weighted by molar-refractivity contribution is -0.123. The zero-order valence-corrected chi connectivity index (χ0v) is 23.9. The van der Waals surface area contributed by atoms with Crippen LogP contribution in [0.4, 0.5) is 4.39 Å². The number of alkyl halides is 1. The molecule has 9 nitrogen and oxygen atoms in total. The summed E-state index contributed by atoms with van der Waals surface area (Å²) in [5.74, 6) is -0.509. The number of hydrogen-bond donors (Lipinski definition) is 1. The van der Waals surface area contributed by atoms with Gasteiger partial charge < -0.3 is 29.2 Å². The van der Waals surface area contributed by atoms with Crippen LogP contribution in [-0.4, -0.2) is 106 Å². The Morgan fingerprint density at radius 3 is 2.51 bits per heavy atom. The molecule has 1 aromatic rings. The zero-order chi connectivity index (χ0) is 27.6. The van der Waals surface area contributed by atoms with Crippen molar-refractivity contribution in [3.63, 3.8) is 0 Å². The zero-order valence-electron chi connectivity index (χ0n) is 22.4. The summed E-state index contributed by atoms with van der Waals surface area (Å²) in [5, 5.41) is 2.93. The predicted octanol–water partition coefficient (Wildman–Crippen LogP) is 2.89. The SMILES string of the molecule is COCCOCCOCCOCCNC(=O)C1N=CN2C3=C(CC(Br)C=C3)C(c3ccccc3F)=N[C@H](C)C12. The van der Waals surface area contributed by atoms with Crippen LogP contribution in [0.5, 0.6) is 0 Å². The lowest BCUT2D eigenvalue weighted by atomic mass is 9.92. The number of halogens is 2. The molecule has 212 valence electrons. The van der Waals surface area contributed by atoms with Gasteiger partial charge in [0.2, 0.25) is 5.91 Å². The van der Waals surface area contributed by atoms with Gasteiger partial charge in [0.15, 0.2) is 6.04 Å². The molecule has 3 unspecified atom stereocenters. The Hall–Kier alpha value is -2.44. The van der Waals surface area contributed by atoms with Crippen LogP contribution in [0.2, 0.25) is 0 Å². The lowest BCUT2D eigenvalue weighted by Gasteiger charge is -2.31. The van der Waals surface area contributed by atoms with Crippen LogP contribution in [0.3, 0.4) is 0 Å². The van der Waals surface area contributed by atoms with E-state index >= 15 is 0 Å². The summed E-state index contributed by atoms with van der Waals surface area (Å²) in [6.45, 7) is 5.65. The van der Waals surface area contributed by atoms with Gasteiger partial charge >= 0.3 is 0 Å². The number of nitrogens with zero attached hydrogens (tertiary/aromatic N) is 3. The normalized spacial score (nSPS) is 23.9. The first-order chi connectivity index (χ1) is 19.0. The Kier molecular flexibility index (Phi) is 11.2. The number of rotatable bonds is 14. The second kappa shape index (κ2) is 14.8. The largest absolute Gasteiger partial charge is 0.382 e. The molecule has 0 saturated carbocycles. The molecule has 0 fully saturated rings. The second-order valence-electron chi connectivity index (χ2n) is 9.37. The van der Waals surface area contributed by atoms with Crippen LogP contribution in [0.15, 0.2) is 57.7 Å². The highest BCUT2D eigenvalue weighted by atomic mass is 79.9. The minimum Gasteiger partial charge on any atom is -0.382 e. The summed E-state index contributed by atoms with van der Waals surface area (Å²) in [4.78, 5) is 24.8. The van der Waals surface area contributed by atoms with Gasteiger partial charge in [-0.25, -0.2) is 4.39 Å². The first-order valence-electron chi connectivity index (χ1n) is 13.2.